The summed E-state index contributed by atoms with van der Waals surface area (Å²) in [6.45, 7) is 3.64. The van der Waals surface area contributed by atoms with Gasteiger partial charge in [-0.15, -0.1) is 0 Å². The van der Waals surface area contributed by atoms with E-state index in [4.69, 9.17) is 21.1 Å². The molecule has 37 heavy (non-hydrogen) atoms. The Morgan fingerprint density at radius 2 is 1.70 bits per heavy atom. The van der Waals surface area contributed by atoms with E-state index in [1.807, 2.05) is 17.9 Å². The van der Waals surface area contributed by atoms with E-state index in [2.05, 4.69) is 29.0 Å². The summed E-state index contributed by atoms with van der Waals surface area (Å²) in [6.07, 6.45) is 2.93. The molecule has 0 unspecified atom stereocenters. The van der Waals surface area contributed by atoms with Crippen molar-refractivity contribution in [3.63, 3.8) is 0 Å². The molecule has 3 aromatic carbocycles. The van der Waals surface area contributed by atoms with Crippen LogP contribution in [0.15, 0.2) is 77.7 Å². The van der Waals surface area contributed by atoms with E-state index in [0.717, 1.165) is 19.3 Å². The highest BCUT2D eigenvalue weighted by Crippen LogP contribution is 2.29. The number of likely N-dealkylation sites (tertiary alicyclic amines) is 1. The van der Waals surface area contributed by atoms with Crippen LogP contribution in [-0.2, 0) is 21.2 Å². The van der Waals surface area contributed by atoms with E-state index in [1.54, 1.807) is 24.3 Å². The van der Waals surface area contributed by atoms with Crippen LogP contribution in [0.25, 0.3) is 0 Å². The number of hydrogen-bond acceptors (Lipinski definition) is 5. The zero-order chi connectivity index (χ0) is 26.3. The van der Waals surface area contributed by atoms with Gasteiger partial charge in [-0.1, -0.05) is 41.9 Å². The molecule has 0 bridgehead atoms. The molecule has 0 atom stereocenters. The van der Waals surface area contributed by atoms with E-state index in [-0.39, 0.29) is 28.2 Å². The number of benzene rings is 3. The summed E-state index contributed by atoms with van der Waals surface area (Å²) in [5.41, 5.74) is 1.73. The van der Waals surface area contributed by atoms with Gasteiger partial charge in [0.2, 0.25) is 0 Å². The molecular formula is C28H31ClN2O5S. The second kappa shape index (κ2) is 12.3. The van der Waals surface area contributed by atoms with Gasteiger partial charge in [0.25, 0.3) is 15.9 Å². The number of anilines is 1. The summed E-state index contributed by atoms with van der Waals surface area (Å²) in [5.74, 6) is 1.37. The first kappa shape index (κ1) is 26.8. The zero-order valence-electron chi connectivity index (χ0n) is 20.7. The molecule has 7 nitrogen and oxygen atoms in total. The predicted octanol–water partition coefficient (Wildman–Crippen LogP) is 5.40. The van der Waals surface area contributed by atoms with E-state index < -0.39 is 10.0 Å². The molecule has 9 heteroatoms. The first-order chi connectivity index (χ1) is 17.8. The number of halogens is 1. The van der Waals surface area contributed by atoms with Crippen molar-refractivity contribution in [2.45, 2.75) is 31.1 Å². The van der Waals surface area contributed by atoms with Gasteiger partial charge in [-0.25, -0.2) is 8.42 Å². The average molecular weight is 543 g/mol. The fraction of sp³-hybridized carbons (Fsp3) is 0.321. The zero-order valence-corrected chi connectivity index (χ0v) is 22.3. The Morgan fingerprint density at radius 3 is 2.35 bits per heavy atom. The van der Waals surface area contributed by atoms with E-state index in [0.29, 0.717) is 37.1 Å². The van der Waals surface area contributed by atoms with Crippen molar-refractivity contribution in [3.8, 4) is 11.5 Å². The van der Waals surface area contributed by atoms with E-state index in [9.17, 15) is 13.2 Å². The number of amides is 1. The molecule has 3 aromatic rings. The minimum absolute atomic E-state index is 0.00875. The minimum atomic E-state index is -3.86. The van der Waals surface area contributed by atoms with Crippen LogP contribution in [0.2, 0.25) is 5.02 Å². The van der Waals surface area contributed by atoms with Gasteiger partial charge < -0.3 is 14.4 Å². The molecule has 0 aromatic heterocycles. The Hall–Kier alpha value is -3.23. The number of nitrogens with one attached hydrogen (secondary N) is 1. The molecule has 4 rings (SSSR count). The maximum Gasteiger partial charge on any atom is 0.261 e. The van der Waals surface area contributed by atoms with Gasteiger partial charge in [0.15, 0.2) is 6.61 Å². The summed E-state index contributed by atoms with van der Waals surface area (Å²) < 4.78 is 39.1. The highest BCUT2D eigenvalue weighted by Gasteiger charge is 2.24. The monoisotopic (exact) mass is 542 g/mol. The van der Waals surface area contributed by atoms with Crippen LogP contribution in [0.5, 0.6) is 11.5 Å². The largest absolute Gasteiger partial charge is 0.494 e. The van der Waals surface area contributed by atoms with Crippen LogP contribution in [0.3, 0.4) is 0 Å². The Morgan fingerprint density at radius 1 is 1.00 bits per heavy atom. The lowest BCUT2D eigenvalue weighted by atomic mass is 9.90. The molecule has 1 saturated heterocycles. The summed E-state index contributed by atoms with van der Waals surface area (Å²) in [5, 5.41) is 0.115. The molecule has 1 amide bonds. The lowest BCUT2D eigenvalue weighted by molar-refractivity contribution is -0.134. The highest BCUT2D eigenvalue weighted by atomic mass is 35.5. The van der Waals surface area contributed by atoms with Crippen molar-refractivity contribution in [1.82, 2.24) is 4.90 Å². The number of piperidine rings is 1. The number of rotatable bonds is 10. The molecule has 196 valence electrons. The van der Waals surface area contributed by atoms with Crippen LogP contribution in [0, 0.1) is 5.92 Å². The van der Waals surface area contributed by atoms with Crippen LogP contribution in [0.1, 0.15) is 25.3 Å². The molecular weight excluding hydrogens is 512 g/mol. The first-order valence-corrected chi connectivity index (χ1v) is 14.2. The van der Waals surface area contributed by atoms with Crippen molar-refractivity contribution >= 4 is 33.2 Å². The molecule has 0 aliphatic carbocycles. The number of carbonyl (C=O) groups is 1. The molecule has 0 spiro atoms. The third kappa shape index (κ3) is 7.40. The van der Waals surface area contributed by atoms with Crippen molar-refractivity contribution in [3.05, 3.63) is 83.4 Å². The van der Waals surface area contributed by atoms with Gasteiger partial charge in [-0.05, 0) is 80.1 Å². The fourth-order valence-corrected chi connectivity index (χ4v) is 5.71. The quantitative estimate of drug-likeness (QED) is 0.371. The standard InChI is InChI=1S/C28H31ClN2O5S/c1-2-35-24-10-8-23(9-11-24)30-37(33,34)25-12-13-27(26(29)19-25)36-20-28(32)31-16-14-22(15-17-31)18-21-6-4-3-5-7-21/h3-13,19,22,30H,2,14-18,20H2,1H3. The van der Waals surface area contributed by atoms with Crippen molar-refractivity contribution in [1.29, 1.82) is 0 Å². The van der Waals surface area contributed by atoms with Crippen LogP contribution < -0.4 is 14.2 Å². The first-order valence-electron chi connectivity index (χ1n) is 12.3. The van der Waals surface area contributed by atoms with E-state index >= 15 is 0 Å². The number of ether oxygens (including phenoxy) is 2. The summed E-state index contributed by atoms with van der Waals surface area (Å²) in [4.78, 5) is 14.5. The molecule has 1 heterocycles. The second-order valence-corrected chi connectivity index (χ2v) is 11.0. The molecule has 1 aliphatic rings. The average Bonchev–Trinajstić information content (AvgIpc) is 2.90. The van der Waals surface area contributed by atoms with E-state index in [1.165, 1.54) is 23.8 Å². The fourth-order valence-electron chi connectivity index (χ4n) is 4.33. The molecule has 1 N–H and O–H groups in total. The Bertz CT molecular complexity index is 1290. The predicted molar refractivity (Wildman–Crippen MR) is 145 cm³/mol. The van der Waals surface area contributed by atoms with Crippen LogP contribution in [-0.4, -0.2) is 45.5 Å². The second-order valence-electron chi connectivity index (χ2n) is 8.96. The maximum atomic E-state index is 12.8. The Kier molecular flexibility index (Phi) is 8.95. The molecule has 0 radical (unpaired) electrons. The van der Waals surface area contributed by atoms with Gasteiger partial charge >= 0.3 is 0 Å². The smallest absolute Gasteiger partial charge is 0.261 e. The maximum absolute atomic E-state index is 12.8. The van der Waals surface area contributed by atoms with Crippen molar-refractivity contribution in [2.24, 2.45) is 5.92 Å². The van der Waals surface area contributed by atoms with Gasteiger partial charge in [-0.3, -0.25) is 9.52 Å². The third-order valence-corrected chi connectivity index (χ3v) is 7.99. The third-order valence-electron chi connectivity index (χ3n) is 6.32. The molecule has 1 fully saturated rings. The summed E-state index contributed by atoms with van der Waals surface area (Å²) >= 11 is 6.30. The lowest BCUT2D eigenvalue weighted by Crippen LogP contribution is -2.41. The Balaban J connectivity index is 1.28. The number of hydrogen-bond donors (Lipinski definition) is 1. The van der Waals surface area contributed by atoms with Gasteiger partial charge in [0, 0.05) is 18.8 Å². The topological polar surface area (TPSA) is 84.9 Å². The molecule has 1 aliphatic heterocycles. The normalized spacial score (nSPS) is 14.3. The lowest BCUT2D eigenvalue weighted by Gasteiger charge is -2.32. The number of carbonyl (C=O) groups excluding carboxylic acids is 1. The van der Waals surface area contributed by atoms with Gasteiger partial charge in [-0.2, -0.15) is 0 Å². The summed E-state index contributed by atoms with van der Waals surface area (Å²) in [7, 11) is -3.86. The molecule has 0 saturated carbocycles. The van der Waals surface area contributed by atoms with Crippen LogP contribution >= 0.6 is 11.6 Å². The Labute approximate surface area is 223 Å². The number of sulfonamides is 1. The van der Waals surface area contributed by atoms with Crippen LogP contribution in [0.4, 0.5) is 5.69 Å². The number of nitrogens with zero attached hydrogens (tertiary/aromatic N) is 1. The highest BCUT2D eigenvalue weighted by molar-refractivity contribution is 7.92. The van der Waals surface area contributed by atoms with Crippen molar-refractivity contribution in [2.75, 3.05) is 31.0 Å². The minimum Gasteiger partial charge on any atom is -0.494 e. The van der Waals surface area contributed by atoms with Crippen molar-refractivity contribution < 1.29 is 22.7 Å². The van der Waals surface area contributed by atoms with Gasteiger partial charge in [0.1, 0.15) is 11.5 Å². The summed E-state index contributed by atoms with van der Waals surface area (Å²) in [6, 6.07) is 21.2. The van der Waals surface area contributed by atoms with Gasteiger partial charge in [0.05, 0.1) is 16.5 Å². The SMILES string of the molecule is CCOc1ccc(NS(=O)(=O)c2ccc(OCC(=O)N3CCC(Cc4ccccc4)CC3)c(Cl)c2)cc1.